The van der Waals surface area contributed by atoms with Crippen LogP contribution in [0.3, 0.4) is 0 Å². The highest BCUT2D eigenvalue weighted by Crippen LogP contribution is 2.36. The van der Waals surface area contributed by atoms with E-state index in [9.17, 15) is 31.1 Å². The van der Waals surface area contributed by atoms with Gasteiger partial charge in [-0.1, -0.05) is 13.0 Å². The molecular weight excluding hydrogens is 368 g/mol. The topological polar surface area (TPSA) is 73.7 Å². The van der Waals surface area contributed by atoms with Crippen LogP contribution in [0.2, 0.25) is 0 Å². The van der Waals surface area contributed by atoms with Crippen molar-refractivity contribution in [2.45, 2.75) is 31.8 Å². The number of hydrogen-bond acceptors (Lipinski definition) is 4. The Morgan fingerprint density at radius 1 is 1.31 bits per heavy atom. The number of amides is 1. The number of alkyl halides is 6. The number of anilines is 1. The van der Waals surface area contributed by atoms with E-state index >= 15 is 0 Å². The largest absolute Gasteiger partial charge is 0.418 e. The van der Waals surface area contributed by atoms with Crippen molar-refractivity contribution in [1.29, 1.82) is 0 Å². The summed E-state index contributed by atoms with van der Waals surface area (Å²) in [6.07, 6.45) is -12.5. The van der Waals surface area contributed by atoms with Crippen LogP contribution < -0.4 is 10.7 Å². The lowest BCUT2D eigenvalue weighted by Gasteiger charge is -2.22. The van der Waals surface area contributed by atoms with Gasteiger partial charge in [0.05, 0.1) is 11.3 Å². The molecule has 5 nitrogen and oxygen atoms in total. The smallest absolute Gasteiger partial charge is 0.382 e. The van der Waals surface area contributed by atoms with E-state index in [-0.39, 0.29) is 23.6 Å². The van der Waals surface area contributed by atoms with Crippen LogP contribution in [0.5, 0.6) is 0 Å². The number of nitrogens with one attached hydrogen (secondary N) is 2. The van der Waals surface area contributed by atoms with E-state index in [4.69, 9.17) is 5.11 Å². The molecule has 0 unspecified atom stereocenters. The van der Waals surface area contributed by atoms with Crippen molar-refractivity contribution in [2.24, 2.45) is 11.0 Å². The predicted molar refractivity (Wildman–Crippen MR) is 80.5 cm³/mol. The lowest BCUT2D eigenvalue weighted by atomic mass is 9.92. The van der Waals surface area contributed by atoms with E-state index in [0.717, 1.165) is 12.1 Å². The summed E-state index contributed by atoms with van der Waals surface area (Å²) in [6, 6.07) is 2.96. The van der Waals surface area contributed by atoms with Crippen LogP contribution in [0.25, 0.3) is 0 Å². The lowest BCUT2D eigenvalue weighted by molar-refractivity contribution is -0.198. The minimum absolute atomic E-state index is 0.0535. The molecular formula is C15H15F6N3O2. The third-order valence-corrected chi connectivity index (χ3v) is 3.74. The summed E-state index contributed by atoms with van der Waals surface area (Å²) in [5, 5.41) is 14.7. The quantitative estimate of drug-likeness (QED) is 0.700. The molecule has 0 aliphatic carbocycles. The lowest BCUT2D eigenvalue weighted by Crippen LogP contribution is -2.35. The van der Waals surface area contributed by atoms with Crippen molar-refractivity contribution < 1.29 is 36.2 Å². The Morgan fingerprint density at radius 3 is 2.50 bits per heavy atom. The molecule has 2 atom stereocenters. The molecule has 1 aliphatic rings. The van der Waals surface area contributed by atoms with Gasteiger partial charge in [-0.3, -0.25) is 4.79 Å². The molecule has 0 saturated carbocycles. The normalized spacial score (nSPS) is 19.6. The Labute approximate surface area is 144 Å². The van der Waals surface area contributed by atoms with E-state index < -0.39 is 42.2 Å². The summed E-state index contributed by atoms with van der Waals surface area (Å²) in [4.78, 5) is 11.2. The monoisotopic (exact) mass is 383 g/mol. The van der Waals surface area contributed by atoms with Crippen molar-refractivity contribution >= 4 is 17.3 Å². The maximum absolute atomic E-state index is 13.3. The highest BCUT2D eigenvalue weighted by atomic mass is 19.4. The first-order valence-corrected chi connectivity index (χ1v) is 7.46. The van der Waals surface area contributed by atoms with E-state index in [1.807, 2.05) is 5.32 Å². The number of hydrazone groups is 1. The van der Waals surface area contributed by atoms with Gasteiger partial charge in [0.2, 0.25) is 5.91 Å². The molecule has 2 rings (SSSR count). The second kappa shape index (κ2) is 7.14. The number of benzene rings is 1. The first-order valence-electron chi connectivity index (χ1n) is 7.46. The first-order chi connectivity index (χ1) is 11.9. The van der Waals surface area contributed by atoms with Crippen LogP contribution in [0, 0.1) is 5.92 Å². The van der Waals surface area contributed by atoms with E-state index in [1.165, 1.54) is 6.07 Å². The molecule has 0 radical (unpaired) electrons. The summed E-state index contributed by atoms with van der Waals surface area (Å²) in [5.41, 5.74) is 0.710. The molecule has 0 aromatic heterocycles. The molecule has 1 heterocycles. The average Bonchev–Trinajstić information content (AvgIpc) is 2.50. The zero-order chi connectivity index (χ0) is 19.7. The Hall–Kier alpha value is -2.30. The maximum Gasteiger partial charge on any atom is 0.418 e. The minimum Gasteiger partial charge on any atom is -0.382 e. The highest BCUT2D eigenvalue weighted by Gasteiger charge is 2.39. The molecule has 1 aromatic carbocycles. The number of aliphatic hydroxyl groups excluding tert-OH is 1. The number of carbonyl (C=O) groups is 1. The summed E-state index contributed by atoms with van der Waals surface area (Å²) >= 11 is 0. The highest BCUT2D eigenvalue weighted by molar-refractivity contribution is 6.06. The number of nitrogens with zero attached hydrogens (tertiary/aromatic N) is 1. The van der Waals surface area contributed by atoms with E-state index in [1.54, 1.807) is 6.92 Å². The summed E-state index contributed by atoms with van der Waals surface area (Å²) in [5.74, 6) is -0.785. The second-order valence-electron chi connectivity index (χ2n) is 5.83. The van der Waals surface area contributed by atoms with Crippen molar-refractivity contribution in [1.82, 2.24) is 5.43 Å². The third kappa shape index (κ3) is 4.65. The molecule has 1 aromatic rings. The summed E-state index contributed by atoms with van der Waals surface area (Å²) in [7, 11) is 0. The predicted octanol–water partition coefficient (Wildman–Crippen LogP) is 2.90. The Morgan fingerprint density at radius 2 is 1.96 bits per heavy atom. The summed E-state index contributed by atoms with van der Waals surface area (Å²) < 4.78 is 76.8. The second-order valence-corrected chi connectivity index (χ2v) is 5.83. The van der Waals surface area contributed by atoms with Gasteiger partial charge in [0.1, 0.15) is 0 Å². The van der Waals surface area contributed by atoms with Crippen LogP contribution in [0.15, 0.2) is 23.3 Å². The van der Waals surface area contributed by atoms with Crippen molar-refractivity contribution in [2.75, 3.05) is 11.9 Å². The SMILES string of the molecule is C[C@@H]1CC(=O)NN=C1c1ccc(NC[C@@H](O)C(F)(F)F)c(C(F)(F)F)c1. The number of carbonyl (C=O) groups excluding carboxylic acids is 1. The fourth-order valence-corrected chi connectivity index (χ4v) is 2.42. The van der Waals surface area contributed by atoms with Crippen LogP contribution in [-0.4, -0.2) is 35.6 Å². The average molecular weight is 383 g/mol. The van der Waals surface area contributed by atoms with Crippen LogP contribution in [0.4, 0.5) is 32.0 Å². The fourth-order valence-electron chi connectivity index (χ4n) is 2.42. The van der Waals surface area contributed by atoms with Crippen molar-refractivity contribution in [3.05, 3.63) is 29.3 Å². The molecule has 1 aliphatic heterocycles. The summed E-state index contributed by atoms with van der Waals surface area (Å²) in [6.45, 7) is 0.496. The molecule has 1 amide bonds. The van der Waals surface area contributed by atoms with Crippen molar-refractivity contribution in [3.8, 4) is 0 Å². The number of aliphatic hydroxyl groups is 1. The van der Waals surface area contributed by atoms with Gasteiger partial charge in [0.25, 0.3) is 0 Å². The van der Waals surface area contributed by atoms with E-state index in [2.05, 4.69) is 10.5 Å². The van der Waals surface area contributed by atoms with Crippen LogP contribution >= 0.6 is 0 Å². The van der Waals surface area contributed by atoms with Crippen LogP contribution in [-0.2, 0) is 11.0 Å². The molecule has 3 N–H and O–H groups in total. The van der Waals surface area contributed by atoms with Gasteiger partial charge in [0, 0.05) is 24.6 Å². The van der Waals surface area contributed by atoms with Gasteiger partial charge in [-0.25, -0.2) is 5.43 Å². The van der Waals surface area contributed by atoms with Gasteiger partial charge in [-0.05, 0) is 17.7 Å². The molecule has 26 heavy (non-hydrogen) atoms. The Kier molecular flexibility index (Phi) is 5.49. The number of rotatable bonds is 4. The molecule has 0 bridgehead atoms. The Bertz CT molecular complexity index is 714. The van der Waals surface area contributed by atoms with Gasteiger partial charge < -0.3 is 10.4 Å². The minimum atomic E-state index is -4.95. The van der Waals surface area contributed by atoms with Gasteiger partial charge in [0.15, 0.2) is 6.10 Å². The molecule has 0 saturated heterocycles. The molecule has 0 fully saturated rings. The zero-order valence-electron chi connectivity index (χ0n) is 13.4. The standard InChI is InChI=1S/C15H15F6N3O2/c1-7-4-12(26)23-24-13(7)8-2-3-10(9(5-8)14(16,17)18)22-6-11(25)15(19,20)21/h2-3,5,7,11,22,25H,4,6H2,1H3,(H,23,26)/t7-,11-/m1/s1. The molecule has 144 valence electrons. The van der Waals surface area contributed by atoms with Crippen molar-refractivity contribution in [3.63, 3.8) is 0 Å². The van der Waals surface area contributed by atoms with Gasteiger partial charge in [-0.15, -0.1) is 0 Å². The zero-order valence-corrected chi connectivity index (χ0v) is 13.4. The maximum atomic E-state index is 13.3. The van der Waals surface area contributed by atoms with E-state index in [0.29, 0.717) is 0 Å². The fraction of sp³-hybridized carbons (Fsp3) is 0.467. The van der Waals surface area contributed by atoms with Gasteiger partial charge in [-0.2, -0.15) is 31.4 Å². The molecule has 0 spiro atoms. The Balaban J connectivity index is 2.32. The number of hydrogen-bond donors (Lipinski definition) is 3. The van der Waals surface area contributed by atoms with Gasteiger partial charge >= 0.3 is 12.4 Å². The first kappa shape index (κ1) is 20.0. The van der Waals surface area contributed by atoms with Crippen LogP contribution in [0.1, 0.15) is 24.5 Å². The third-order valence-electron chi connectivity index (χ3n) is 3.74. The number of halogens is 6. The molecule has 11 heteroatoms.